The predicted octanol–water partition coefficient (Wildman–Crippen LogP) is 1.57. The molecule has 0 aliphatic carbocycles. The van der Waals surface area contributed by atoms with Gasteiger partial charge in [-0.1, -0.05) is 30.3 Å². The Hall–Kier alpha value is -2.08. The lowest BCUT2D eigenvalue weighted by Gasteiger charge is -2.24. The molecule has 6 nitrogen and oxygen atoms in total. The molecule has 1 aromatic rings. The predicted molar refractivity (Wildman–Crippen MR) is 79.0 cm³/mol. The zero-order chi connectivity index (χ0) is 16.0. The Bertz CT molecular complexity index is 519. The van der Waals surface area contributed by atoms with E-state index in [1.54, 1.807) is 6.92 Å². The molecule has 2 rings (SSSR count). The summed E-state index contributed by atoms with van der Waals surface area (Å²) < 4.78 is 10.2. The number of ether oxygens (including phenoxy) is 2. The minimum Gasteiger partial charge on any atom is -0.465 e. The smallest absolute Gasteiger partial charge is 0.410 e. The van der Waals surface area contributed by atoms with Crippen LogP contribution in [0.3, 0.4) is 0 Å². The minimum atomic E-state index is -1.03. The Kier molecular flexibility index (Phi) is 5.38. The summed E-state index contributed by atoms with van der Waals surface area (Å²) in [6.07, 6.45) is -0.105. The van der Waals surface area contributed by atoms with Crippen molar-refractivity contribution < 1.29 is 24.2 Å². The van der Waals surface area contributed by atoms with Gasteiger partial charge in [0.1, 0.15) is 12.0 Å². The largest absolute Gasteiger partial charge is 0.465 e. The molecule has 1 heterocycles. The number of likely N-dealkylation sites (tertiary alicyclic amines) is 1. The summed E-state index contributed by atoms with van der Waals surface area (Å²) in [6, 6.07) is 9.37. The van der Waals surface area contributed by atoms with E-state index in [4.69, 9.17) is 9.47 Å². The first kappa shape index (κ1) is 16.3. The first-order chi connectivity index (χ1) is 10.6. The number of hydrogen-bond acceptors (Lipinski definition) is 5. The van der Waals surface area contributed by atoms with Gasteiger partial charge in [-0.2, -0.15) is 0 Å². The van der Waals surface area contributed by atoms with Crippen molar-refractivity contribution in [3.8, 4) is 0 Å². The van der Waals surface area contributed by atoms with Gasteiger partial charge in [0.25, 0.3) is 0 Å². The summed E-state index contributed by atoms with van der Waals surface area (Å²) in [5.74, 6) is -0.462. The molecular weight excluding hydrogens is 286 g/mol. The van der Waals surface area contributed by atoms with Crippen molar-refractivity contribution in [3.05, 3.63) is 35.9 Å². The van der Waals surface area contributed by atoms with Crippen LogP contribution in [0.4, 0.5) is 4.79 Å². The van der Waals surface area contributed by atoms with E-state index in [0.717, 1.165) is 5.56 Å². The topological polar surface area (TPSA) is 76.1 Å². The van der Waals surface area contributed by atoms with Crippen LogP contribution < -0.4 is 0 Å². The third-order valence-corrected chi connectivity index (χ3v) is 3.83. The maximum absolute atomic E-state index is 12.1. The molecule has 22 heavy (non-hydrogen) atoms. The SMILES string of the molecule is CCOC(=O)C1(CO)CCN(C(=O)OCc2ccccc2)C1. The molecule has 1 N–H and O–H groups in total. The Morgan fingerprint density at radius 3 is 2.64 bits per heavy atom. The highest BCUT2D eigenvalue weighted by Crippen LogP contribution is 2.32. The maximum Gasteiger partial charge on any atom is 0.410 e. The van der Waals surface area contributed by atoms with Crippen molar-refractivity contribution in [2.24, 2.45) is 5.41 Å². The number of hydrogen-bond donors (Lipinski definition) is 1. The fourth-order valence-corrected chi connectivity index (χ4v) is 2.48. The molecule has 1 atom stereocenters. The standard InChI is InChI=1S/C16H21NO5/c1-2-21-14(19)16(12-18)8-9-17(11-16)15(20)22-10-13-6-4-3-5-7-13/h3-7,18H,2,8-12H2,1H3. The average molecular weight is 307 g/mol. The summed E-state index contributed by atoms with van der Waals surface area (Å²) in [4.78, 5) is 25.5. The highest BCUT2D eigenvalue weighted by Gasteiger charge is 2.47. The zero-order valence-corrected chi connectivity index (χ0v) is 12.7. The van der Waals surface area contributed by atoms with Crippen LogP contribution >= 0.6 is 0 Å². The molecule has 1 saturated heterocycles. The number of nitrogens with zero attached hydrogens (tertiary/aromatic N) is 1. The first-order valence-electron chi connectivity index (χ1n) is 7.35. The van der Waals surface area contributed by atoms with E-state index in [9.17, 15) is 14.7 Å². The van der Waals surface area contributed by atoms with Crippen LogP contribution in [0.5, 0.6) is 0 Å². The van der Waals surface area contributed by atoms with E-state index in [0.29, 0.717) is 13.0 Å². The molecule has 1 unspecified atom stereocenters. The van der Waals surface area contributed by atoms with Crippen LogP contribution in [0.1, 0.15) is 18.9 Å². The monoisotopic (exact) mass is 307 g/mol. The molecule has 1 amide bonds. The lowest BCUT2D eigenvalue weighted by molar-refractivity contribution is -0.157. The number of aliphatic hydroxyl groups excluding tert-OH is 1. The summed E-state index contributed by atoms with van der Waals surface area (Å²) in [7, 11) is 0. The third-order valence-electron chi connectivity index (χ3n) is 3.83. The van der Waals surface area contributed by atoms with E-state index in [1.807, 2.05) is 30.3 Å². The van der Waals surface area contributed by atoms with Crippen LogP contribution in [0.2, 0.25) is 0 Å². The van der Waals surface area contributed by atoms with Crippen molar-refractivity contribution in [2.45, 2.75) is 20.0 Å². The normalized spacial score (nSPS) is 20.7. The molecule has 1 aliphatic rings. The van der Waals surface area contributed by atoms with Crippen LogP contribution in [0.25, 0.3) is 0 Å². The van der Waals surface area contributed by atoms with Gasteiger partial charge in [0.2, 0.25) is 0 Å². The van der Waals surface area contributed by atoms with Crippen molar-refractivity contribution in [3.63, 3.8) is 0 Å². The third kappa shape index (κ3) is 3.57. The highest BCUT2D eigenvalue weighted by atomic mass is 16.6. The van der Waals surface area contributed by atoms with Gasteiger partial charge >= 0.3 is 12.1 Å². The molecule has 1 aliphatic heterocycles. The molecule has 0 aromatic heterocycles. The van der Waals surface area contributed by atoms with Gasteiger partial charge in [0, 0.05) is 13.1 Å². The van der Waals surface area contributed by atoms with E-state index in [2.05, 4.69) is 0 Å². The Labute approximate surface area is 129 Å². The number of amides is 1. The van der Waals surface area contributed by atoms with Gasteiger partial charge in [0.15, 0.2) is 0 Å². The maximum atomic E-state index is 12.1. The van der Waals surface area contributed by atoms with Gasteiger partial charge in [-0.05, 0) is 18.9 Å². The summed E-state index contributed by atoms with van der Waals surface area (Å²) >= 11 is 0. The molecule has 6 heteroatoms. The molecule has 120 valence electrons. The van der Waals surface area contributed by atoms with Gasteiger partial charge in [-0.3, -0.25) is 4.79 Å². The number of carbonyl (C=O) groups excluding carboxylic acids is 2. The Morgan fingerprint density at radius 1 is 1.27 bits per heavy atom. The molecule has 1 fully saturated rings. The average Bonchev–Trinajstić information content (AvgIpc) is 3.00. The Balaban J connectivity index is 1.91. The lowest BCUT2D eigenvalue weighted by atomic mass is 9.88. The second kappa shape index (κ2) is 7.26. The van der Waals surface area contributed by atoms with Gasteiger partial charge in [0.05, 0.1) is 13.2 Å². The van der Waals surface area contributed by atoms with Crippen LogP contribution in [0, 0.1) is 5.41 Å². The van der Waals surface area contributed by atoms with Crippen molar-refractivity contribution in [1.29, 1.82) is 0 Å². The number of benzene rings is 1. The molecule has 1 aromatic carbocycles. The van der Waals surface area contributed by atoms with E-state index < -0.39 is 17.5 Å². The van der Waals surface area contributed by atoms with Gasteiger partial charge in [-0.15, -0.1) is 0 Å². The first-order valence-corrected chi connectivity index (χ1v) is 7.35. The fraction of sp³-hybridized carbons (Fsp3) is 0.500. The van der Waals surface area contributed by atoms with E-state index in [-0.39, 0.29) is 26.4 Å². The number of rotatable bonds is 5. The second-order valence-electron chi connectivity index (χ2n) is 5.37. The quantitative estimate of drug-likeness (QED) is 0.836. The minimum absolute atomic E-state index is 0.121. The van der Waals surface area contributed by atoms with Gasteiger partial charge in [-0.25, -0.2) is 4.79 Å². The van der Waals surface area contributed by atoms with E-state index in [1.165, 1.54) is 4.90 Å². The number of carbonyl (C=O) groups is 2. The Morgan fingerprint density at radius 2 is 2.00 bits per heavy atom. The van der Waals surface area contributed by atoms with Crippen LogP contribution in [-0.2, 0) is 20.9 Å². The summed E-state index contributed by atoms with van der Waals surface area (Å²) in [5.41, 5.74) is -0.129. The summed E-state index contributed by atoms with van der Waals surface area (Å²) in [5, 5.41) is 9.54. The van der Waals surface area contributed by atoms with Crippen molar-refractivity contribution in [1.82, 2.24) is 4.90 Å². The van der Waals surface area contributed by atoms with Gasteiger partial charge < -0.3 is 19.5 Å². The lowest BCUT2D eigenvalue weighted by Crippen LogP contribution is -2.40. The number of aliphatic hydroxyl groups is 1. The van der Waals surface area contributed by atoms with E-state index >= 15 is 0 Å². The van der Waals surface area contributed by atoms with Crippen LogP contribution in [0.15, 0.2) is 30.3 Å². The zero-order valence-electron chi connectivity index (χ0n) is 12.7. The number of esters is 1. The highest BCUT2D eigenvalue weighted by molar-refractivity contribution is 5.79. The molecule has 0 bridgehead atoms. The molecule has 0 spiro atoms. The van der Waals surface area contributed by atoms with Crippen molar-refractivity contribution >= 4 is 12.1 Å². The molecule has 0 saturated carbocycles. The van der Waals surface area contributed by atoms with Crippen LogP contribution in [-0.4, -0.2) is 48.4 Å². The fourth-order valence-electron chi connectivity index (χ4n) is 2.48. The van der Waals surface area contributed by atoms with Crippen molar-refractivity contribution in [2.75, 3.05) is 26.3 Å². The summed E-state index contributed by atoms with van der Waals surface area (Å²) in [6.45, 7) is 2.29. The molecule has 0 radical (unpaired) electrons. The molecular formula is C16H21NO5. The second-order valence-corrected chi connectivity index (χ2v) is 5.37.